The zero-order valence-electron chi connectivity index (χ0n) is 11.0. The monoisotopic (exact) mass is 311 g/mol. The number of carbonyl (C=O) groups is 1. The van der Waals surface area contributed by atoms with Crippen LogP contribution < -0.4 is 0 Å². The van der Waals surface area contributed by atoms with Gasteiger partial charge in [0.25, 0.3) is 0 Å². The molecule has 0 fully saturated rings. The van der Waals surface area contributed by atoms with E-state index in [1.807, 2.05) is 0 Å². The smallest absolute Gasteiger partial charge is 0.422 e. The SMILES string of the molecule is C=CC(=O)OCCc1ccc([N+](=O)[O-])c([N+](=O)[O-])c1[N+](=O)[O-]. The molecule has 0 radical (unpaired) electrons. The molecular formula is C11H9N3O8. The zero-order valence-corrected chi connectivity index (χ0v) is 11.0. The van der Waals surface area contributed by atoms with E-state index in [4.69, 9.17) is 0 Å². The summed E-state index contributed by atoms with van der Waals surface area (Å²) in [5.74, 6) is -0.765. The average molecular weight is 311 g/mol. The molecule has 0 unspecified atom stereocenters. The summed E-state index contributed by atoms with van der Waals surface area (Å²) in [6.45, 7) is 2.86. The summed E-state index contributed by atoms with van der Waals surface area (Å²) in [7, 11) is 0. The van der Waals surface area contributed by atoms with Crippen molar-refractivity contribution in [3.8, 4) is 0 Å². The van der Waals surface area contributed by atoms with Crippen molar-refractivity contribution in [2.75, 3.05) is 6.61 Å². The highest BCUT2D eigenvalue weighted by molar-refractivity contribution is 5.81. The topological polar surface area (TPSA) is 156 Å². The zero-order chi connectivity index (χ0) is 16.9. The van der Waals surface area contributed by atoms with E-state index in [-0.39, 0.29) is 18.6 Å². The highest BCUT2D eigenvalue weighted by Crippen LogP contribution is 2.38. The van der Waals surface area contributed by atoms with Crippen LogP contribution in [0.5, 0.6) is 0 Å². The number of esters is 1. The number of ether oxygens (including phenoxy) is 1. The Labute approximate surface area is 122 Å². The van der Waals surface area contributed by atoms with E-state index in [0.717, 1.165) is 18.2 Å². The van der Waals surface area contributed by atoms with Crippen molar-refractivity contribution in [2.45, 2.75) is 6.42 Å². The lowest BCUT2D eigenvalue weighted by Gasteiger charge is -2.04. The molecule has 0 aliphatic heterocycles. The van der Waals surface area contributed by atoms with Crippen molar-refractivity contribution in [3.05, 3.63) is 60.7 Å². The number of rotatable bonds is 7. The standard InChI is InChI=1S/C11H9N3O8/c1-2-9(15)22-6-5-7-3-4-8(12(16)17)11(14(20)21)10(7)13(18)19/h2-4H,1,5-6H2. The number of benzene rings is 1. The van der Waals surface area contributed by atoms with Crippen LogP contribution in [0.1, 0.15) is 5.56 Å². The fourth-order valence-electron chi connectivity index (χ4n) is 1.66. The van der Waals surface area contributed by atoms with Crippen molar-refractivity contribution in [3.63, 3.8) is 0 Å². The van der Waals surface area contributed by atoms with E-state index in [1.165, 1.54) is 0 Å². The van der Waals surface area contributed by atoms with Crippen molar-refractivity contribution in [1.29, 1.82) is 0 Å². The third-order valence-electron chi connectivity index (χ3n) is 2.56. The predicted molar refractivity (Wildman–Crippen MR) is 71.3 cm³/mol. The van der Waals surface area contributed by atoms with Gasteiger partial charge in [-0.3, -0.25) is 30.3 Å². The molecule has 0 bridgehead atoms. The van der Waals surface area contributed by atoms with Crippen molar-refractivity contribution in [2.24, 2.45) is 0 Å². The van der Waals surface area contributed by atoms with Crippen molar-refractivity contribution in [1.82, 2.24) is 0 Å². The summed E-state index contributed by atoms with van der Waals surface area (Å²) in [6, 6.07) is 1.82. The van der Waals surface area contributed by atoms with Crippen LogP contribution in [-0.4, -0.2) is 27.3 Å². The molecule has 11 heteroatoms. The Morgan fingerprint density at radius 3 is 2.14 bits per heavy atom. The molecule has 11 nitrogen and oxygen atoms in total. The normalized spacial score (nSPS) is 9.82. The van der Waals surface area contributed by atoms with Gasteiger partial charge in [-0.05, 0) is 6.07 Å². The van der Waals surface area contributed by atoms with Gasteiger partial charge in [0.1, 0.15) is 0 Å². The number of nitro benzene ring substituents is 3. The Morgan fingerprint density at radius 2 is 1.68 bits per heavy atom. The maximum Gasteiger partial charge on any atom is 0.422 e. The second kappa shape index (κ2) is 6.88. The van der Waals surface area contributed by atoms with Gasteiger partial charge in [0.2, 0.25) is 0 Å². The minimum absolute atomic E-state index is 0.154. The first-order valence-electron chi connectivity index (χ1n) is 5.67. The lowest BCUT2D eigenvalue weighted by atomic mass is 10.1. The first-order chi connectivity index (χ1) is 10.3. The van der Waals surface area contributed by atoms with Gasteiger partial charge in [0.15, 0.2) is 0 Å². The van der Waals surface area contributed by atoms with Gasteiger partial charge in [-0.2, -0.15) is 0 Å². The second-order valence-corrected chi connectivity index (χ2v) is 3.83. The molecule has 0 saturated carbocycles. The number of nitrogens with zero attached hydrogens (tertiary/aromatic N) is 3. The first kappa shape index (κ1) is 16.7. The second-order valence-electron chi connectivity index (χ2n) is 3.83. The molecule has 0 aromatic heterocycles. The number of hydrogen-bond acceptors (Lipinski definition) is 8. The summed E-state index contributed by atoms with van der Waals surface area (Å²) in [4.78, 5) is 40.2. The molecule has 0 atom stereocenters. The molecule has 0 heterocycles. The van der Waals surface area contributed by atoms with Crippen molar-refractivity contribution < 1.29 is 24.3 Å². The van der Waals surface area contributed by atoms with Gasteiger partial charge in [-0.25, -0.2) is 4.79 Å². The molecule has 0 spiro atoms. The van der Waals surface area contributed by atoms with E-state index >= 15 is 0 Å². The van der Waals surface area contributed by atoms with E-state index in [9.17, 15) is 35.1 Å². The fraction of sp³-hybridized carbons (Fsp3) is 0.182. The van der Waals surface area contributed by atoms with Gasteiger partial charge >= 0.3 is 23.0 Å². The molecule has 116 valence electrons. The maximum atomic E-state index is 11.0. The number of nitro groups is 3. The van der Waals surface area contributed by atoms with Crippen molar-refractivity contribution >= 4 is 23.0 Å². The molecule has 0 saturated heterocycles. The summed E-state index contributed by atoms with van der Waals surface area (Å²) in [5, 5.41) is 32.7. The Bertz CT molecular complexity index is 670. The quantitative estimate of drug-likeness (QED) is 0.318. The van der Waals surface area contributed by atoms with Crippen LogP contribution >= 0.6 is 0 Å². The predicted octanol–water partition coefficient (Wildman–Crippen LogP) is 1.68. The van der Waals surface area contributed by atoms with Crippen LogP contribution in [-0.2, 0) is 16.0 Å². The number of hydrogen-bond donors (Lipinski definition) is 0. The van der Waals surface area contributed by atoms with Crippen LogP contribution in [0.15, 0.2) is 24.8 Å². The minimum atomic E-state index is -1.21. The summed E-state index contributed by atoms with van der Waals surface area (Å²) < 4.78 is 4.62. The third kappa shape index (κ3) is 3.59. The highest BCUT2D eigenvalue weighted by atomic mass is 16.6. The molecule has 0 amide bonds. The highest BCUT2D eigenvalue weighted by Gasteiger charge is 2.38. The molecule has 1 aromatic rings. The Morgan fingerprint density at radius 1 is 1.09 bits per heavy atom. The Balaban J connectivity index is 3.29. The van der Waals surface area contributed by atoms with Gasteiger partial charge in [-0.1, -0.05) is 6.58 Å². The lowest BCUT2D eigenvalue weighted by Crippen LogP contribution is -2.08. The lowest BCUT2D eigenvalue weighted by molar-refractivity contribution is -0.441. The van der Waals surface area contributed by atoms with Crippen LogP contribution in [0.3, 0.4) is 0 Å². The van der Waals surface area contributed by atoms with Crippen LogP contribution in [0.2, 0.25) is 0 Å². The van der Waals surface area contributed by atoms with E-state index in [0.29, 0.717) is 0 Å². The largest absolute Gasteiger partial charge is 0.462 e. The minimum Gasteiger partial charge on any atom is -0.462 e. The van der Waals surface area contributed by atoms with Crippen LogP contribution in [0.25, 0.3) is 0 Å². The molecule has 0 aliphatic rings. The summed E-state index contributed by atoms with van der Waals surface area (Å²) in [5.41, 5.74) is -3.33. The van der Waals surface area contributed by atoms with E-state index < -0.39 is 37.8 Å². The van der Waals surface area contributed by atoms with Crippen LogP contribution in [0, 0.1) is 30.3 Å². The number of carbonyl (C=O) groups excluding carboxylic acids is 1. The molecular weight excluding hydrogens is 302 g/mol. The van der Waals surface area contributed by atoms with Gasteiger partial charge in [-0.15, -0.1) is 0 Å². The average Bonchev–Trinajstić information content (AvgIpc) is 2.45. The van der Waals surface area contributed by atoms with Crippen LogP contribution in [0.4, 0.5) is 17.1 Å². The fourth-order valence-corrected chi connectivity index (χ4v) is 1.66. The molecule has 0 N–H and O–H groups in total. The van der Waals surface area contributed by atoms with E-state index in [1.54, 1.807) is 0 Å². The molecule has 1 aromatic carbocycles. The third-order valence-corrected chi connectivity index (χ3v) is 2.56. The summed E-state index contributed by atoms with van der Waals surface area (Å²) >= 11 is 0. The molecule has 22 heavy (non-hydrogen) atoms. The van der Waals surface area contributed by atoms with Gasteiger partial charge in [0, 0.05) is 24.1 Å². The Hall–Kier alpha value is -3.37. The Kier molecular flexibility index (Phi) is 5.21. The molecule has 0 aliphatic carbocycles. The maximum absolute atomic E-state index is 11.0. The van der Waals surface area contributed by atoms with E-state index in [2.05, 4.69) is 11.3 Å². The van der Waals surface area contributed by atoms with Gasteiger partial charge < -0.3 is 4.74 Å². The molecule has 1 rings (SSSR count). The van der Waals surface area contributed by atoms with Gasteiger partial charge in [0.05, 0.1) is 21.4 Å². The first-order valence-corrected chi connectivity index (χ1v) is 5.67. The summed E-state index contributed by atoms with van der Waals surface area (Å²) in [6.07, 6.45) is 0.668.